The highest BCUT2D eigenvalue weighted by atomic mass is 16.6. The predicted molar refractivity (Wildman–Crippen MR) is 63.2 cm³/mol. The average molecular weight is 236 g/mol. The Balaban J connectivity index is 1.98. The zero-order valence-electron chi connectivity index (χ0n) is 10.8. The second kappa shape index (κ2) is 3.90. The Hall–Kier alpha value is -1.24. The number of ether oxygens (including phenoxy) is 1. The standard InChI is InChI=1S/C13H20N2O2/c1-12(2,3)17-11(16)15(10-4-5-10)9-13(8-14)6-7-13/h10H,4-7,9H2,1-3H3. The number of amides is 1. The van der Waals surface area contributed by atoms with Crippen molar-refractivity contribution < 1.29 is 9.53 Å². The first-order valence-corrected chi connectivity index (χ1v) is 6.26. The number of carbonyl (C=O) groups excluding carboxylic acids is 1. The minimum atomic E-state index is -0.465. The molecule has 0 N–H and O–H groups in total. The lowest BCUT2D eigenvalue weighted by molar-refractivity contribution is 0.0209. The van der Waals surface area contributed by atoms with Crippen LogP contribution in [0.1, 0.15) is 46.5 Å². The highest BCUT2D eigenvalue weighted by molar-refractivity contribution is 5.69. The van der Waals surface area contributed by atoms with E-state index in [4.69, 9.17) is 10.00 Å². The maximum absolute atomic E-state index is 12.1. The van der Waals surface area contributed by atoms with Crippen LogP contribution in [0.3, 0.4) is 0 Å². The zero-order chi connectivity index (χ0) is 12.7. The van der Waals surface area contributed by atoms with Gasteiger partial charge in [-0.05, 0) is 46.5 Å². The van der Waals surface area contributed by atoms with Crippen LogP contribution in [0, 0.1) is 16.7 Å². The molecule has 4 nitrogen and oxygen atoms in total. The van der Waals surface area contributed by atoms with Gasteiger partial charge in [-0.15, -0.1) is 0 Å². The lowest BCUT2D eigenvalue weighted by Crippen LogP contribution is -2.41. The van der Waals surface area contributed by atoms with Gasteiger partial charge in [0.05, 0.1) is 11.5 Å². The molecule has 0 aromatic heterocycles. The van der Waals surface area contributed by atoms with E-state index >= 15 is 0 Å². The number of rotatable bonds is 3. The van der Waals surface area contributed by atoms with Crippen molar-refractivity contribution in [1.82, 2.24) is 4.90 Å². The van der Waals surface area contributed by atoms with E-state index in [-0.39, 0.29) is 11.5 Å². The molecule has 17 heavy (non-hydrogen) atoms. The van der Waals surface area contributed by atoms with Crippen LogP contribution in [0.15, 0.2) is 0 Å². The first-order valence-electron chi connectivity index (χ1n) is 6.26. The minimum absolute atomic E-state index is 0.262. The van der Waals surface area contributed by atoms with Crippen molar-refractivity contribution in [2.45, 2.75) is 58.1 Å². The molecule has 0 spiro atoms. The summed E-state index contributed by atoms with van der Waals surface area (Å²) >= 11 is 0. The monoisotopic (exact) mass is 236 g/mol. The van der Waals surface area contributed by atoms with E-state index in [9.17, 15) is 4.79 Å². The maximum atomic E-state index is 12.1. The van der Waals surface area contributed by atoms with Gasteiger partial charge >= 0.3 is 6.09 Å². The quantitative estimate of drug-likeness (QED) is 0.757. The summed E-state index contributed by atoms with van der Waals surface area (Å²) in [5.41, 5.74) is -0.743. The number of hydrogen-bond acceptors (Lipinski definition) is 3. The molecule has 1 amide bonds. The third kappa shape index (κ3) is 3.12. The molecule has 2 saturated carbocycles. The molecule has 0 radical (unpaired) electrons. The molecule has 0 bridgehead atoms. The van der Waals surface area contributed by atoms with Crippen LogP contribution in [0.2, 0.25) is 0 Å². The molecule has 0 unspecified atom stereocenters. The second-order valence-electron chi connectivity index (χ2n) is 6.23. The van der Waals surface area contributed by atoms with E-state index in [2.05, 4.69) is 6.07 Å². The molecule has 0 heterocycles. The van der Waals surface area contributed by atoms with Gasteiger partial charge < -0.3 is 9.64 Å². The van der Waals surface area contributed by atoms with Crippen LogP contribution in [0.25, 0.3) is 0 Å². The minimum Gasteiger partial charge on any atom is -0.444 e. The first-order chi connectivity index (χ1) is 7.85. The Morgan fingerprint density at radius 2 is 2.06 bits per heavy atom. The van der Waals surface area contributed by atoms with Crippen molar-refractivity contribution >= 4 is 6.09 Å². The highest BCUT2D eigenvalue weighted by Gasteiger charge is 2.48. The average Bonchev–Trinajstić information content (AvgIpc) is 3.07. The van der Waals surface area contributed by atoms with Crippen LogP contribution in [-0.2, 0) is 4.74 Å². The van der Waals surface area contributed by atoms with Gasteiger partial charge in [-0.25, -0.2) is 4.79 Å². The van der Waals surface area contributed by atoms with Gasteiger partial charge in [0.2, 0.25) is 0 Å². The van der Waals surface area contributed by atoms with E-state index in [0.717, 1.165) is 25.7 Å². The van der Waals surface area contributed by atoms with Crippen molar-refractivity contribution in [2.24, 2.45) is 5.41 Å². The van der Waals surface area contributed by atoms with Crippen LogP contribution in [0.4, 0.5) is 4.79 Å². The molecule has 0 aliphatic heterocycles. The van der Waals surface area contributed by atoms with Crippen LogP contribution >= 0.6 is 0 Å². The SMILES string of the molecule is CC(C)(C)OC(=O)N(CC1(C#N)CC1)C1CC1. The molecule has 0 aromatic carbocycles. The molecule has 4 heteroatoms. The third-order valence-corrected chi connectivity index (χ3v) is 3.18. The van der Waals surface area contributed by atoms with Gasteiger partial charge in [-0.1, -0.05) is 0 Å². The van der Waals surface area contributed by atoms with Crippen molar-refractivity contribution in [1.29, 1.82) is 5.26 Å². The largest absolute Gasteiger partial charge is 0.444 e. The summed E-state index contributed by atoms with van der Waals surface area (Å²) in [7, 11) is 0. The van der Waals surface area contributed by atoms with Crippen molar-refractivity contribution in [3.8, 4) is 6.07 Å². The van der Waals surface area contributed by atoms with Crippen LogP contribution in [-0.4, -0.2) is 29.2 Å². The molecule has 0 atom stereocenters. The number of hydrogen-bond donors (Lipinski definition) is 0. The summed E-state index contributed by atoms with van der Waals surface area (Å²) in [5, 5.41) is 9.09. The molecular weight excluding hydrogens is 216 g/mol. The summed E-state index contributed by atoms with van der Waals surface area (Å²) in [4.78, 5) is 13.8. The summed E-state index contributed by atoms with van der Waals surface area (Å²) in [5.74, 6) is 0. The Morgan fingerprint density at radius 1 is 1.47 bits per heavy atom. The van der Waals surface area contributed by atoms with Crippen LogP contribution < -0.4 is 0 Å². The van der Waals surface area contributed by atoms with E-state index in [1.807, 2.05) is 20.8 Å². The second-order valence-corrected chi connectivity index (χ2v) is 6.23. The predicted octanol–water partition coefficient (Wildman–Crippen LogP) is 2.69. The van der Waals surface area contributed by atoms with E-state index in [0.29, 0.717) is 12.6 Å². The molecule has 2 rings (SSSR count). The number of nitriles is 1. The van der Waals surface area contributed by atoms with Crippen molar-refractivity contribution in [3.63, 3.8) is 0 Å². The van der Waals surface area contributed by atoms with Crippen LogP contribution in [0.5, 0.6) is 0 Å². The Bertz CT molecular complexity index is 357. The van der Waals surface area contributed by atoms with E-state index < -0.39 is 5.60 Å². The van der Waals surface area contributed by atoms with Gasteiger partial charge in [-0.2, -0.15) is 5.26 Å². The molecule has 0 saturated heterocycles. The summed E-state index contributed by atoms with van der Waals surface area (Å²) < 4.78 is 5.40. The highest BCUT2D eigenvalue weighted by Crippen LogP contribution is 2.47. The molecule has 2 aliphatic carbocycles. The van der Waals surface area contributed by atoms with Crippen molar-refractivity contribution in [2.75, 3.05) is 6.54 Å². The fourth-order valence-corrected chi connectivity index (χ4v) is 1.83. The topological polar surface area (TPSA) is 53.3 Å². The fraction of sp³-hybridized carbons (Fsp3) is 0.846. The first kappa shape index (κ1) is 12.2. The Labute approximate surface area is 103 Å². The maximum Gasteiger partial charge on any atom is 0.410 e. The number of nitrogens with zero attached hydrogens (tertiary/aromatic N) is 2. The van der Waals surface area contributed by atoms with Gasteiger partial charge in [0.1, 0.15) is 5.60 Å². The normalized spacial score (nSPS) is 21.5. The van der Waals surface area contributed by atoms with Gasteiger partial charge in [0.25, 0.3) is 0 Å². The lowest BCUT2D eigenvalue weighted by Gasteiger charge is -2.28. The zero-order valence-corrected chi connectivity index (χ0v) is 10.8. The molecule has 2 fully saturated rings. The summed E-state index contributed by atoms with van der Waals surface area (Å²) in [6.07, 6.45) is 3.65. The summed E-state index contributed by atoms with van der Waals surface area (Å²) in [6, 6.07) is 2.64. The molecule has 0 aromatic rings. The lowest BCUT2D eigenvalue weighted by atomic mass is 10.1. The Morgan fingerprint density at radius 3 is 2.41 bits per heavy atom. The molecule has 94 valence electrons. The smallest absolute Gasteiger partial charge is 0.410 e. The fourth-order valence-electron chi connectivity index (χ4n) is 1.83. The molecule has 2 aliphatic rings. The summed E-state index contributed by atoms with van der Waals surface area (Å²) in [6.45, 7) is 6.15. The third-order valence-electron chi connectivity index (χ3n) is 3.18. The van der Waals surface area contributed by atoms with Crippen molar-refractivity contribution in [3.05, 3.63) is 0 Å². The van der Waals surface area contributed by atoms with E-state index in [1.165, 1.54) is 0 Å². The van der Waals surface area contributed by atoms with Gasteiger partial charge in [-0.3, -0.25) is 0 Å². The number of carbonyl (C=O) groups is 1. The van der Waals surface area contributed by atoms with E-state index in [1.54, 1.807) is 4.90 Å². The molecular formula is C13H20N2O2. The van der Waals surface area contributed by atoms with Gasteiger partial charge in [0, 0.05) is 12.6 Å². The Kier molecular flexibility index (Phi) is 2.81. The van der Waals surface area contributed by atoms with Gasteiger partial charge in [0.15, 0.2) is 0 Å².